The van der Waals surface area contributed by atoms with Crippen molar-refractivity contribution < 1.29 is 9.53 Å². The normalized spacial score (nSPS) is 12.2. The number of ether oxygens (including phenoxy) is 1. The summed E-state index contributed by atoms with van der Waals surface area (Å²) in [5.74, 6) is 0.0135. The number of nitrogens with one attached hydrogen (secondary N) is 1. The summed E-state index contributed by atoms with van der Waals surface area (Å²) in [6.45, 7) is 3.88. The second-order valence-corrected chi connectivity index (χ2v) is 4.34. The molecule has 0 unspecified atom stereocenters. The van der Waals surface area contributed by atoms with Gasteiger partial charge in [-0.1, -0.05) is 0 Å². The minimum absolute atomic E-state index is 0.333. The first-order valence-electron chi connectivity index (χ1n) is 5.76. The topological polar surface area (TPSA) is 76.7 Å². The molecule has 0 aliphatic rings. The lowest BCUT2D eigenvalue weighted by atomic mass is 10.2. The van der Waals surface area contributed by atoms with E-state index in [9.17, 15) is 4.79 Å². The quantitative estimate of drug-likeness (QED) is 0.335. The number of nitrogens with zero attached hydrogens (tertiary/aromatic N) is 1. The molecule has 0 bridgehead atoms. The number of allylic oxidation sites excluding steroid dienone is 1. The number of hydrogen-bond acceptors (Lipinski definition) is 5. The highest BCUT2D eigenvalue weighted by Gasteiger charge is 2.04. The van der Waals surface area contributed by atoms with Crippen molar-refractivity contribution in [3.63, 3.8) is 0 Å². The molecule has 5 nitrogen and oxygen atoms in total. The molecule has 0 spiro atoms. The minimum atomic E-state index is -0.333. The van der Waals surface area contributed by atoms with Gasteiger partial charge in [0.2, 0.25) is 0 Å². The first-order valence-corrected chi connectivity index (χ1v) is 6.21. The van der Waals surface area contributed by atoms with Gasteiger partial charge >= 0.3 is 5.97 Å². The zero-order valence-electron chi connectivity index (χ0n) is 10.9. The number of benzene rings is 1. The number of anilines is 1. The van der Waals surface area contributed by atoms with Gasteiger partial charge in [0.25, 0.3) is 0 Å². The van der Waals surface area contributed by atoms with Crippen LogP contribution in [0.15, 0.2) is 40.0 Å². The van der Waals surface area contributed by atoms with Crippen molar-refractivity contribution in [3.8, 4) is 0 Å². The maximum Gasteiger partial charge on any atom is 0.338 e. The largest absolute Gasteiger partial charge is 0.462 e. The monoisotopic (exact) mass is 279 g/mol. The Morgan fingerprint density at radius 2 is 2.11 bits per heavy atom. The van der Waals surface area contributed by atoms with Crippen LogP contribution in [-0.2, 0) is 4.74 Å². The van der Waals surface area contributed by atoms with Crippen LogP contribution < -0.4 is 11.1 Å². The zero-order chi connectivity index (χ0) is 14.3. The Morgan fingerprint density at radius 3 is 2.63 bits per heavy atom. The standard InChI is InChI=1S/C13H17N3O2S/c1-3-18-13(17)10-4-6-11(7-5-10)15-8-16-12(14)9(2)19/h4-8,19H,3,14H2,1-2H3,(H,15,16)/b12-9-. The lowest BCUT2D eigenvalue weighted by Crippen LogP contribution is -2.05. The number of hydrogen-bond donors (Lipinski definition) is 3. The Balaban J connectivity index is 2.63. The number of rotatable bonds is 5. The van der Waals surface area contributed by atoms with Crippen LogP contribution in [0.2, 0.25) is 0 Å². The van der Waals surface area contributed by atoms with Gasteiger partial charge in [0.05, 0.1) is 18.5 Å². The highest BCUT2D eigenvalue weighted by Crippen LogP contribution is 2.10. The molecule has 0 aliphatic heterocycles. The predicted octanol–water partition coefficient (Wildman–Crippen LogP) is 2.38. The van der Waals surface area contributed by atoms with Crippen LogP contribution in [0, 0.1) is 0 Å². The Hall–Kier alpha value is -1.95. The number of thiol groups is 1. The lowest BCUT2D eigenvalue weighted by molar-refractivity contribution is 0.0526. The summed E-state index contributed by atoms with van der Waals surface area (Å²) >= 11 is 4.07. The third-order valence-electron chi connectivity index (χ3n) is 2.20. The molecule has 3 N–H and O–H groups in total. The summed E-state index contributed by atoms with van der Waals surface area (Å²) in [4.78, 5) is 16.0. The van der Waals surface area contributed by atoms with Crippen LogP contribution in [0.5, 0.6) is 0 Å². The second kappa shape index (κ2) is 7.48. The van der Waals surface area contributed by atoms with Gasteiger partial charge in [-0.25, -0.2) is 9.79 Å². The first-order chi connectivity index (χ1) is 9.04. The molecule has 1 aromatic carbocycles. The molecule has 0 heterocycles. The van der Waals surface area contributed by atoms with E-state index < -0.39 is 0 Å². The Morgan fingerprint density at radius 1 is 1.47 bits per heavy atom. The maximum atomic E-state index is 11.4. The first kappa shape index (κ1) is 15.1. The summed E-state index contributed by atoms with van der Waals surface area (Å²) in [5, 5.41) is 2.94. The second-order valence-electron chi connectivity index (χ2n) is 3.67. The smallest absolute Gasteiger partial charge is 0.338 e. The van der Waals surface area contributed by atoms with Crippen molar-refractivity contribution in [2.75, 3.05) is 11.9 Å². The van der Waals surface area contributed by atoms with Crippen LogP contribution in [0.4, 0.5) is 5.69 Å². The fourth-order valence-corrected chi connectivity index (χ4v) is 1.24. The van der Waals surface area contributed by atoms with E-state index in [-0.39, 0.29) is 5.97 Å². The number of esters is 1. The van der Waals surface area contributed by atoms with E-state index >= 15 is 0 Å². The van der Waals surface area contributed by atoms with Crippen LogP contribution in [-0.4, -0.2) is 18.9 Å². The molecule has 0 fully saturated rings. The summed E-state index contributed by atoms with van der Waals surface area (Å²) < 4.78 is 4.89. The highest BCUT2D eigenvalue weighted by atomic mass is 32.1. The van der Waals surface area contributed by atoms with Crippen molar-refractivity contribution in [3.05, 3.63) is 40.6 Å². The van der Waals surface area contributed by atoms with E-state index in [0.29, 0.717) is 22.9 Å². The van der Waals surface area contributed by atoms with Crippen molar-refractivity contribution in [2.24, 2.45) is 10.7 Å². The number of carbonyl (C=O) groups excluding carboxylic acids is 1. The van der Waals surface area contributed by atoms with Gasteiger partial charge in [-0.3, -0.25) is 0 Å². The molecule has 19 heavy (non-hydrogen) atoms. The number of nitrogens with two attached hydrogens (primary N) is 1. The van der Waals surface area contributed by atoms with Crippen LogP contribution in [0.25, 0.3) is 0 Å². The van der Waals surface area contributed by atoms with E-state index in [0.717, 1.165) is 5.69 Å². The maximum absolute atomic E-state index is 11.4. The predicted molar refractivity (Wildman–Crippen MR) is 80.4 cm³/mol. The van der Waals surface area contributed by atoms with Crippen molar-refractivity contribution in [2.45, 2.75) is 13.8 Å². The fraction of sp³-hybridized carbons (Fsp3) is 0.231. The van der Waals surface area contributed by atoms with Crippen molar-refractivity contribution >= 4 is 30.6 Å². The number of carbonyl (C=O) groups is 1. The third-order valence-corrected chi connectivity index (χ3v) is 2.43. The average Bonchev–Trinajstić information content (AvgIpc) is 2.39. The van der Waals surface area contributed by atoms with Crippen LogP contribution >= 0.6 is 12.6 Å². The van der Waals surface area contributed by atoms with Gasteiger partial charge in [0.15, 0.2) is 0 Å². The van der Waals surface area contributed by atoms with Gasteiger partial charge in [-0.05, 0) is 38.1 Å². The van der Waals surface area contributed by atoms with Gasteiger partial charge in [0, 0.05) is 10.6 Å². The highest BCUT2D eigenvalue weighted by molar-refractivity contribution is 7.84. The van der Waals surface area contributed by atoms with Crippen LogP contribution in [0.3, 0.4) is 0 Å². The van der Waals surface area contributed by atoms with Gasteiger partial charge in [-0.2, -0.15) is 0 Å². The van der Waals surface area contributed by atoms with E-state index in [4.69, 9.17) is 10.5 Å². The van der Waals surface area contributed by atoms with Gasteiger partial charge < -0.3 is 15.8 Å². The summed E-state index contributed by atoms with van der Waals surface area (Å²) in [7, 11) is 0. The van der Waals surface area contributed by atoms with Crippen molar-refractivity contribution in [1.29, 1.82) is 0 Å². The van der Waals surface area contributed by atoms with E-state index in [1.54, 1.807) is 38.1 Å². The van der Waals surface area contributed by atoms with E-state index in [1.165, 1.54) is 6.34 Å². The third kappa shape index (κ3) is 5.05. The molecule has 0 amide bonds. The molecule has 102 valence electrons. The van der Waals surface area contributed by atoms with E-state index in [2.05, 4.69) is 22.9 Å². The molecular weight excluding hydrogens is 262 g/mol. The lowest BCUT2D eigenvalue weighted by Gasteiger charge is -2.03. The molecule has 1 rings (SSSR count). The Bertz CT molecular complexity index is 491. The molecule has 0 saturated heterocycles. The fourth-order valence-electron chi connectivity index (χ4n) is 1.19. The van der Waals surface area contributed by atoms with Crippen LogP contribution in [0.1, 0.15) is 24.2 Å². The minimum Gasteiger partial charge on any atom is -0.462 e. The van der Waals surface area contributed by atoms with Gasteiger partial charge in [0.1, 0.15) is 5.82 Å². The number of aliphatic imine (C=N–C) groups is 1. The van der Waals surface area contributed by atoms with E-state index in [1.807, 2.05) is 0 Å². The summed E-state index contributed by atoms with van der Waals surface area (Å²) in [6.07, 6.45) is 1.47. The molecule has 0 aliphatic carbocycles. The zero-order valence-corrected chi connectivity index (χ0v) is 11.8. The molecule has 6 heteroatoms. The average molecular weight is 279 g/mol. The molecule has 0 radical (unpaired) electrons. The molecule has 0 aromatic heterocycles. The molecular formula is C13H17N3O2S. The Labute approximate surface area is 118 Å². The molecule has 1 aromatic rings. The molecule has 0 atom stereocenters. The summed E-state index contributed by atoms with van der Waals surface area (Å²) in [5.41, 5.74) is 6.88. The van der Waals surface area contributed by atoms with Crippen molar-refractivity contribution in [1.82, 2.24) is 0 Å². The summed E-state index contributed by atoms with van der Waals surface area (Å²) in [6, 6.07) is 6.87. The Kier molecular flexibility index (Phi) is 5.95. The van der Waals surface area contributed by atoms with Gasteiger partial charge in [-0.15, -0.1) is 12.6 Å². The molecule has 0 saturated carbocycles. The SMILES string of the molecule is CCOC(=O)c1ccc(N/C=N/C(N)=C(/C)S)cc1.